The van der Waals surface area contributed by atoms with Crippen LogP contribution in [0.15, 0.2) is 42.5 Å². The van der Waals surface area contributed by atoms with Crippen LogP contribution in [0.25, 0.3) is 0 Å². The minimum atomic E-state index is -0.516. The normalized spacial score (nSPS) is 18.1. The molecule has 0 aromatic heterocycles. The fourth-order valence-electron chi connectivity index (χ4n) is 4.56. The van der Waals surface area contributed by atoms with Gasteiger partial charge >= 0.3 is 0 Å². The van der Waals surface area contributed by atoms with Crippen LogP contribution in [0, 0.1) is 11.3 Å². The zero-order valence-corrected chi connectivity index (χ0v) is 17.1. The zero-order chi connectivity index (χ0) is 20.3. The number of nitriles is 1. The largest absolute Gasteiger partial charge is 0.354 e. The third kappa shape index (κ3) is 4.16. The summed E-state index contributed by atoms with van der Waals surface area (Å²) >= 11 is 6.10. The molecule has 6 heteroatoms. The molecule has 0 atom stereocenters. The Balaban J connectivity index is 1.48. The second kappa shape index (κ2) is 8.54. The maximum Gasteiger partial charge on any atom is 0.241 e. The summed E-state index contributed by atoms with van der Waals surface area (Å²) in [6.07, 6.45) is 2.15. The Kier molecular flexibility index (Phi) is 5.86. The first-order valence-corrected chi connectivity index (χ1v) is 10.5. The lowest BCUT2D eigenvalue weighted by molar-refractivity contribution is -0.133. The number of carbonyl (C=O) groups is 1. The molecule has 1 saturated heterocycles. The molecule has 0 radical (unpaired) electrons. The molecule has 1 heterocycles. The molecule has 4 rings (SSSR count). The molecule has 0 bridgehead atoms. The lowest BCUT2D eigenvalue weighted by atomic mass is 9.91. The van der Waals surface area contributed by atoms with Crippen molar-refractivity contribution >= 4 is 17.5 Å². The average Bonchev–Trinajstić information content (AvgIpc) is 3.15. The minimum absolute atomic E-state index is 0.0955. The van der Waals surface area contributed by atoms with Crippen molar-refractivity contribution in [3.05, 3.63) is 69.7 Å². The molecule has 2 aromatic carbocycles. The van der Waals surface area contributed by atoms with Gasteiger partial charge in [-0.15, -0.1) is 0 Å². The first-order chi connectivity index (χ1) is 14.1. The molecule has 0 saturated carbocycles. The van der Waals surface area contributed by atoms with E-state index in [1.54, 1.807) is 6.07 Å². The predicted molar refractivity (Wildman–Crippen MR) is 114 cm³/mol. The monoisotopic (exact) mass is 408 g/mol. The van der Waals surface area contributed by atoms with E-state index >= 15 is 0 Å². The Morgan fingerprint density at radius 1 is 1.17 bits per heavy atom. The Morgan fingerprint density at radius 2 is 1.86 bits per heavy atom. The number of piperazine rings is 1. The summed E-state index contributed by atoms with van der Waals surface area (Å²) in [4.78, 5) is 15.8. The molecular formula is C23H25ClN4O. The number of halogens is 1. The number of fused-ring (bicyclic) bond motifs is 1. The molecule has 1 aliphatic heterocycles. The van der Waals surface area contributed by atoms with E-state index in [0.29, 0.717) is 23.6 Å². The van der Waals surface area contributed by atoms with Crippen molar-refractivity contribution in [3.63, 3.8) is 0 Å². The number of hydrogen-bond acceptors (Lipinski definition) is 4. The SMILES string of the molecule is N#Cc1cc(Cl)cc(CCNC(=O)C2(N3CCNCC3)Cc3ccccc3C2)c1. The Morgan fingerprint density at radius 3 is 2.52 bits per heavy atom. The van der Waals surface area contributed by atoms with Gasteiger partial charge in [-0.25, -0.2) is 0 Å². The lowest BCUT2D eigenvalue weighted by Gasteiger charge is -2.42. The maximum absolute atomic E-state index is 13.5. The predicted octanol–water partition coefficient (Wildman–Crippen LogP) is 2.31. The number of nitrogens with zero attached hydrogens (tertiary/aromatic N) is 2. The topological polar surface area (TPSA) is 68.2 Å². The molecule has 2 aromatic rings. The van der Waals surface area contributed by atoms with Crippen LogP contribution >= 0.6 is 11.6 Å². The summed E-state index contributed by atoms with van der Waals surface area (Å²) in [5.41, 5.74) is 3.53. The third-order valence-electron chi connectivity index (χ3n) is 6.02. The maximum atomic E-state index is 13.5. The Bertz CT molecular complexity index is 921. The second-order valence-electron chi connectivity index (χ2n) is 7.86. The lowest BCUT2D eigenvalue weighted by Crippen LogP contribution is -2.64. The molecule has 1 amide bonds. The highest BCUT2D eigenvalue weighted by atomic mass is 35.5. The number of amides is 1. The highest BCUT2D eigenvalue weighted by molar-refractivity contribution is 6.30. The molecule has 150 valence electrons. The number of rotatable bonds is 5. The zero-order valence-electron chi connectivity index (χ0n) is 16.4. The number of hydrogen-bond donors (Lipinski definition) is 2. The van der Waals surface area contributed by atoms with E-state index in [2.05, 4.69) is 45.9 Å². The van der Waals surface area contributed by atoms with Crippen LogP contribution in [0.4, 0.5) is 0 Å². The molecule has 1 aliphatic carbocycles. The average molecular weight is 409 g/mol. The van der Waals surface area contributed by atoms with Crippen molar-refractivity contribution in [2.45, 2.75) is 24.8 Å². The standard InChI is InChI=1S/C23H25ClN4O/c24-21-12-17(11-18(13-21)16-25)5-6-27-22(29)23(28-9-7-26-8-10-28)14-19-3-1-2-4-20(19)15-23/h1-4,11-13,26H,5-10,14-15H2,(H,27,29). The summed E-state index contributed by atoms with van der Waals surface area (Å²) in [6.45, 7) is 4.09. The molecule has 29 heavy (non-hydrogen) atoms. The van der Waals surface area contributed by atoms with Gasteiger partial charge in [-0.05, 0) is 41.3 Å². The molecule has 0 spiro atoms. The Hall–Kier alpha value is -2.39. The van der Waals surface area contributed by atoms with Gasteiger partial charge in [0.15, 0.2) is 0 Å². The van der Waals surface area contributed by atoms with Gasteiger partial charge in [-0.1, -0.05) is 35.9 Å². The van der Waals surface area contributed by atoms with Gasteiger partial charge in [0.2, 0.25) is 5.91 Å². The number of benzene rings is 2. The van der Waals surface area contributed by atoms with Gasteiger partial charge in [-0.2, -0.15) is 5.26 Å². The van der Waals surface area contributed by atoms with Crippen molar-refractivity contribution in [2.75, 3.05) is 32.7 Å². The molecule has 2 aliphatic rings. The minimum Gasteiger partial charge on any atom is -0.354 e. The van der Waals surface area contributed by atoms with Crippen molar-refractivity contribution in [1.82, 2.24) is 15.5 Å². The second-order valence-corrected chi connectivity index (χ2v) is 8.29. The van der Waals surface area contributed by atoms with E-state index in [0.717, 1.165) is 44.6 Å². The molecule has 1 fully saturated rings. The van der Waals surface area contributed by atoms with E-state index in [9.17, 15) is 4.79 Å². The van der Waals surface area contributed by atoms with Crippen LogP contribution in [0.2, 0.25) is 5.02 Å². The van der Waals surface area contributed by atoms with Crippen molar-refractivity contribution in [1.29, 1.82) is 5.26 Å². The van der Waals surface area contributed by atoms with E-state index in [-0.39, 0.29) is 5.91 Å². The van der Waals surface area contributed by atoms with Gasteiger partial charge < -0.3 is 10.6 Å². The molecule has 5 nitrogen and oxygen atoms in total. The van der Waals surface area contributed by atoms with E-state index in [1.807, 2.05) is 12.1 Å². The van der Waals surface area contributed by atoms with Gasteiger partial charge in [0, 0.05) is 50.6 Å². The fraction of sp³-hybridized carbons (Fsp3) is 0.391. The number of nitrogens with one attached hydrogen (secondary N) is 2. The van der Waals surface area contributed by atoms with E-state index in [4.69, 9.17) is 16.9 Å². The summed E-state index contributed by atoms with van der Waals surface area (Å²) in [6, 6.07) is 15.8. The van der Waals surface area contributed by atoms with Crippen molar-refractivity contribution < 1.29 is 4.79 Å². The van der Waals surface area contributed by atoms with Gasteiger partial charge in [-0.3, -0.25) is 9.69 Å². The van der Waals surface area contributed by atoms with Crippen molar-refractivity contribution in [2.24, 2.45) is 0 Å². The van der Waals surface area contributed by atoms with Crippen LogP contribution in [0.1, 0.15) is 22.3 Å². The van der Waals surface area contributed by atoms with E-state index in [1.165, 1.54) is 11.1 Å². The first-order valence-electron chi connectivity index (χ1n) is 10.1. The highest BCUT2D eigenvalue weighted by Gasteiger charge is 2.48. The highest BCUT2D eigenvalue weighted by Crippen LogP contribution is 2.35. The van der Waals surface area contributed by atoms with Crippen molar-refractivity contribution in [3.8, 4) is 6.07 Å². The van der Waals surface area contributed by atoms with E-state index < -0.39 is 5.54 Å². The van der Waals surface area contributed by atoms with Gasteiger partial charge in [0.05, 0.1) is 11.6 Å². The molecule has 0 unspecified atom stereocenters. The van der Waals surface area contributed by atoms with Crippen LogP contribution in [-0.2, 0) is 24.1 Å². The van der Waals surface area contributed by atoms with Gasteiger partial charge in [0.25, 0.3) is 0 Å². The smallest absolute Gasteiger partial charge is 0.241 e. The number of carbonyl (C=O) groups excluding carboxylic acids is 1. The fourth-order valence-corrected chi connectivity index (χ4v) is 4.82. The van der Waals surface area contributed by atoms with Crippen LogP contribution < -0.4 is 10.6 Å². The Labute approximate surface area is 176 Å². The molecule has 2 N–H and O–H groups in total. The quantitative estimate of drug-likeness (QED) is 0.796. The summed E-state index contributed by atoms with van der Waals surface area (Å²) in [5.74, 6) is 0.0955. The van der Waals surface area contributed by atoms with Crippen LogP contribution in [-0.4, -0.2) is 49.1 Å². The molecular weight excluding hydrogens is 384 g/mol. The third-order valence-corrected chi connectivity index (χ3v) is 6.23. The summed E-state index contributed by atoms with van der Waals surface area (Å²) in [7, 11) is 0. The van der Waals surface area contributed by atoms with Crippen LogP contribution in [0.5, 0.6) is 0 Å². The first kappa shape index (κ1) is 19.9. The summed E-state index contributed by atoms with van der Waals surface area (Å²) in [5, 5.41) is 16.2. The summed E-state index contributed by atoms with van der Waals surface area (Å²) < 4.78 is 0. The van der Waals surface area contributed by atoms with Gasteiger partial charge in [0.1, 0.15) is 5.54 Å². The van der Waals surface area contributed by atoms with Crippen LogP contribution in [0.3, 0.4) is 0 Å².